The van der Waals surface area contributed by atoms with Crippen LogP contribution in [0.25, 0.3) is 11.3 Å². The van der Waals surface area contributed by atoms with Crippen molar-refractivity contribution in [2.45, 2.75) is 6.04 Å². The third kappa shape index (κ3) is 3.42. The van der Waals surface area contributed by atoms with Gasteiger partial charge in [-0.1, -0.05) is 36.4 Å². The van der Waals surface area contributed by atoms with Crippen LogP contribution in [0.1, 0.15) is 27.7 Å². The van der Waals surface area contributed by atoms with Crippen LogP contribution in [0.4, 0.5) is 0 Å². The minimum atomic E-state index is -0.486. The quantitative estimate of drug-likeness (QED) is 0.503. The number of phenolic OH excluding ortho intramolecular Hbond substituents is 1. The van der Waals surface area contributed by atoms with E-state index in [1.165, 1.54) is 6.07 Å². The third-order valence-corrected chi connectivity index (χ3v) is 5.22. The van der Waals surface area contributed by atoms with Crippen molar-refractivity contribution in [2.75, 3.05) is 19.8 Å². The van der Waals surface area contributed by atoms with E-state index in [9.17, 15) is 15.0 Å². The molecule has 0 saturated heterocycles. The molecular weight excluding hydrogens is 406 g/mol. The zero-order valence-corrected chi connectivity index (χ0v) is 16.8. The van der Waals surface area contributed by atoms with Crippen LogP contribution in [0, 0.1) is 0 Å². The van der Waals surface area contributed by atoms with Gasteiger partial charge in [0.15, 0.2) is 0 Å². The van der Waals surface area contributed by atoms with E-state index in [-0.39, 0.29) is 24.8 Å². The number of H-pyrrole nitrogens is 1. The largest absolute Gasteiger partial charge is 0.507 e. The molecule has 0 radical (unpaired) electrons. The normalized spacial score (nSPS) is 15.3. The van der Waals surface area contributed by atoms with E-state index in [1.54, 1.807) is 23.1 Å². The number of aromatic nitrogens is 2. The molecule has 3 aromatic rings. The molecule has 1 atom stereocenters. The fourth-order valence-corrected chi connectivity index (χ4v) is 3.86. The minimum Gasteiger partial charge on any atom is -0.507 e. The molecule has 0 fully saturated rings. The molecule has 4 rings (SSSR count). The molecule has 8 heteroatoms. The Morgan fingerprint density at radius 3 is 2.73 bits per heavy atom. The molecule has 1 aliphatic heterocycles. The smallest absolute Gasteiger partial charge is 0.273 e. The zero-order valence-electron chi connectivity index (χ0n) is 16.0. The van der Waals surface area contributed by atoms with Crippen molar-refractivity contribution < 1.29 is 19.7 Å². The van der Waals surface area contributed by atoms with Crippen LogP contribution in [0.15, 0.2) is 55.1 Å². The van der Waals surface area contributed by atoms with Crippen LogP contribution in [0.5, 0.6) is 11.5 Å². The van der Waals surface area contributed by atoms with Gasteiger partial charge < -0.3 is 19.8 Å². The first-order valence-electron chi connectivity index (χ1n) is 9.37. The van der Waals surface area contributed by atoms with Gasteiger partial charge >= 0.3 is 0 Å². The number of aromatic hydroxyl groups is 1. The summed E-state index contributed by atoms with van der Waals surface area (Å²) in [6.07, 6.45) is 1.66. The highest BCUT2D eigenvalue weighted by Gasteiger charge is 2.42. The van der Waals surface area contributed by atoms with Crippen LogP contribution < -0.4 is 4.74 Å². The number of fused-ring (bicyclic) bond motifs is 1. The number of hydrogen-bond donors (Lipinski definition) is 3. The number of aliphatic hydroxyl groups is 1. The summed E-state index contributed by atoms with van der Waals surface area (Å²) in [5.41, 5.74) is 2.65. The Hall–Kier alpha value is -3.29. The summed E-state index contributed by atoms with van der Waals surface area (Å²) in [6, 6.07) is 11.5. The first kappa shape index (κ1) is 20.0. The molecule has 3 N–H and O–H groups in total. The van der Waals surface area contributed by atoms with Crippen molar-refractivity contribution >= 4 is 17.5 Å². The number of carbonyl (C=O) groups is 1. The number of halogens is 1. The second-order valence-corrected chi connectivity index (χ2v) is 7.25. The summed E-state index contributed by atoms with van der Waals surface area (Å²) in [7, 11) is 0. The maximum atomic E-state index is 13.0. The predicted octanol–water partition coefficient (Wildman–Crippen LogP) is 3.54. The number of nitrogens with zero attached hydrogens (tertiary/aromatic N) is 2. The average Bonchev–Trinajstić information content (AvgIpc) is 3.29. The van der Waals surface area contributed by atoms with E-state index in [2.05, 4.69) is 16.8 Å². The number of phenols is 1. The van der Waals surface area contributed by atoms with Crippen molar-refractivity contribution in [1.82, 2.24) is 15.1 Å². The molecular formula is C22H20ClN3O4. The van der Waals surface area contributed by atoms with Crippen molar-refractivity contribution in [3.63, 3.8) is 0 Å². The van der Waals surface area contributed by atoms with Gasteiger partial charge in [0.1, 0.15) is 29.5 Å². The van der Waals surface area contributed by atoms with Crippen LogP contribution >= 0.6 is 11.6 Å². The number of benzene rings is 2. The highest BCUT2D eigenvalue weighted by atomic mass is 35.5. The van der Waals surface area contributed by atoms with E-state index in [1.807, 2.05) is 24.3 Å². The number of ether oxygens (including phenoxy) is 1. The summed E-state index contributed by atoms with van der Waals surface area (Å²) >= 11 is 6.12. The SMILES string of the molecule is C=CCOc1ccc(C2c3c(-c4cc(Cl)ccc4O)n[nH]c3C(=O)N2CCO)cc1. The Kier molecular flexibility index (Phi) is 5.48. The van der Waals surface area contributed by atoms with Gasteiger partial charge in [0, 0.05) is 22.7 Å². The molecule has 2 heterocycles. The Morgan fingerprint density at radius 2 is 2.03 bits per heavy atom. The van der Waals surface area contributed by atoms with Gasteiger partial charge in [-0.2, -0.15) is 5.10 Å². The highest BCUT2D eigenvalue weighted by Crippen LogP contribution is 2.44. The van der Waals surface area contributed by atoms with Crippen molar-refractivity contribution in [3.8, 4) is 22.8 Å². The van der Waals surface area contributed by atoms with E-state index in [0.29, 0.717) is 39.9 Å². The van der Waals surface area contributed by atoms with Crippen LogP contribution in [0.2, 0.25) is 5.02 Å². The summed E-state index contributed by atoms with van der Waals surface area (Å²) in [5.74, 6) is 0.418. The summed E-state index contributed by atoms with van der Waals surface area (Å²) in [5, 5.41) is 27.4. The van der Waals surface area contributed by atoms with E-state index >= 15 is 0 Å². The van der Waals surface area contributed by atoms with Crippen LogP contribution in [-0.4, -0.2) is 51.0 Å². The first-order chi connectivity index (χ1) is 14.5. The van der Waals surface area contributed by atoms with Gasteiger partial charge in [-0.15, -0.1) is 0 Å². The third-order valence-electron chi connectivity index (χ3n) is 4.98. The zero-order chi connectivity index (χ0) is 21.3. The molecule has 1 unspecified atom stereocenters. The Morgan fingerprint density at radius 1 is 1.27 bits per heavy atom. The maximum Gasteiger partial charge on any atom is 0.273 e. The first-order valence-corrected chi connectivity index (χ1v) is 9.75. The van der Waals surface area contributed by atoms with Crippen LogP contribution in [-0.2, 0) is 0 Å². The standard InChI is InChI=1S/C22H20ClN3O4/c1-2-11-30-15-6-3-13(4-7-15)21-18-19(16-12-14(23)5-8-17(16)28)24-25-20(18)22(29)26(21)9-10-27/h2-8,12,21,27-28H,1,9-11H2,(H,24,25). The lowest BCUT2D eigenvalue weighted by Gasteiger charge is -2.25. The number of aliphatic hydroxyl groups excluding tert-OH is 1. The van der Waals surface area contributed by atoms with Gasteiger partial charge in [0.25, 0.3) is 5.91 Å². The molecule has 1 amide bonds. The average molecular weight is 426 g/mol. The van der Waals surface area contributed by atoms with Crippen LogP contribution in [0.3, 0.4) is 0 Å². The topological polar surface area (TPSA) is 98.7 Å². The van der Waals surface area contributed by atoms with Gasteiger partial charge in [-0.3, -0.25) is 9.89 Å². The van der Waals surface area contributed by atoms with E-state index in [0.717, 1.165) is 5.56 Å². The van der Waals surface area contributed by atoms with Gasteiger partial charge in [0.05, 0.1) is 12.6 Å². The second kappa shape index (κ2) is 8.22. The number of aromatic amines is 1. The maximum absolute atomic E-state index is 13.0. The molecule has 2 aromatic carbocycles. The van der Waals surface area contributed by atoms with Gasteiger partial charge in [-0.05, 0) is 35.9 Å². The predicted molar refractivity (Wildman–Crippen MR) is 113 cm³/mol. The monoisotopic (exact) mass is 425 g/mol. The number of rotatable bonds is 7. The Balaban J connectivity index is 1.82. The molecule has 154 valence electrons. The summed E-state index contributed by atoms with van der Waals surface area (Å²) < 4.78 is 5.54. The number of amides is 1. The Bertz CT molecular complexity index is 1090. The second-order valence-electron chi connectivity index (χ2n) is 6.82. The van der Waals surface area contributed by atoms with Gasteiger partial charge in [-0.25, -0.2) is 0 Å². The minimum absolute atomic E-state index is 0.00804. The molecule has 1 aliphatic rings. The highest BCUT2D eigenvalue weighted by molar-refractivity contribution is 6.31. The fourth-order valence-electron chi connectivity index (χ4n) is 3.69. The molecule has 0 aliphatic carbocycles. The lowest BCUT2D eigenvalue weighted by Crippen LogP contribution is -2.32. The molecule has 0 spiro atoms. The summed E-state index contributed by atoms with van der Waals surface area (Å²) in [4.78, 5) is 14.6. The van der Waals surface area contributed by atoms with Crippen molar-refractivity contribution in [2.24, 2.45) is 0 Å². The molecule has 30 heavy (non-hydrogen) atoms. The number of β-amino-alcohol motifs (C(OH)–C–C–N with tert-alkyl or cyclic N) is 1. The number of nitrogens with one attached hydrogen (secondary N) is 1. The van der Waals surface area contributed by atoms with E-state index in [4.69, 9.17) is 16.3 Å². The fraction of sp³-hybridized carbons (Fsp3) is 0.182. The lowest BCUT2D eigenvalue weighted by atomic mass is 9.95. The molecule has 1 aromatic heterocycles. The van der Waals surface area contributed by atoms with E-state index < -0.39 is 6.04 Å². The molecule has 0 bridgehead atoms. The van der Waals surface area contributed by atoms with Crippen molar-refractivity contribution in [3.05, 3.63) is 77.0 Å². The van der Waals surface area contributed by atoms with Gasteiger partial charge in [0.2, 0.25) is 0 Å². The number of carbonyl (C=O) groups excluding carboxylic acids is 1. The molecule has 0 saturated carbocycles. The Labute approximate surface area is 178 Å². The summed E-state index contributed by atoms with van der Waals surface area (Å²) in [6.45, 7) is 4.00. The lowest BCUT2D eigenvalue weighted by molar-refractivity contribution is 0.0706. The number of hydrogen-bond acceptors (Lipinski definition) is 5. The van der Waals surface area contributed by atoms with Crippen molar-refractivity contribution in [1.29, 1.82) is 0 Å². The molecule has 7 nitrogen and oxygen atoms in total.